The maximum atomic E-state index is 3.19. The van der Waals surface area contributed by atoms with Gasteiger partial charge in [-0.2, -0.15) is 0 Å². The molecule has 0 unspecified atom stereocenters. The number of hydrogen-bond donors (Lipinski definition) is 1. The van der Waals surface area contributed by atoms with E-state index in [1.54, 1.807) is 0 Å². The maximum Gasteiger partial charge on any atom is 0.0331 e. The van der Waals surface area contributed by atoms with E-state index in [0.29, 0.717) is 0 Å². The van der Waals surface area contributed by atoms with E-state index in [4.69, 9.17) is 0 Å². The minimum atomic E-state index is 0.968. The predicted octanol–water partition coefficient (Wildman–Crippen LogP) is 1.24. The maximum absolute atomic E-state index is 3.19. The molecule has 8 heavy (non-hydrogen) atoms. The van der Waals surface area contributed by atoms with Crippen LogP contribution in [0.3, 0.4) is 0 Å². The normalized spacial score (nSPS) is 17.4. The van der Waals surface area contributed by atoms with Crippen molar-refractivity contribution in [1.82, 2.24) is 5.32 Å². The quantitative estimate of drug-likeness (QED) is 0.533. The standard InChI is InChI=1S/C7H10N/c1-2-7-5-3-4-6-8-7/h3-4,8H,2,6H2,1H3. The van der Waals surface area contributed by atoms with Crippen LogP contribution >= 0.6 is 0 Å². The molecule has 1 rings (SSSR count). The zero-order chi connectivity index (χ0) is 5.82. The molecular formula is C7H10N. The Balaban J connectivity index is 2.50. The zero-order valence-electron chi connectivity index (χ0n) is 5.07. The number of nitrogens with one attached hydrogen (secondary N) is 1. The molecule has 0 aromatic heterocycles. The molecule has 1 heterocycles. The molecule has 0 saturated heterocycles. The van der Waals surface area contributed by atoms with E-state index in [-0.39, 0.29) is 0 Å². The summed E-state index contributed by atoms with van der Waals surface area (Å²) < 4.78 is 0. The first-order valence-corrected chi connectivity index (χ1v) is 2.94. The van der Waals surface area contributed by atoms with Crippen LogP contribution in [0, 0.1) is 6.08 Å². The second-order valence-electron chi connectivity index (χ2n) is 1.76. The smallest absolute Gasteiger partial charge is 0.0331 e. The van der Waals surface area contributed by atoms with Crippen molar-refractivity contribution in [2.75, 3.05) is 6.54 Å². The summed E-state index contributed by atoms with van der Waals surface area (Å²) in [6.45, 7) is 3.09. The van der Waals surface area contributed by atoms with Gasteiger partial charge < -0.3 is 5.32 Å². The minimum Gasteiger partial charge on any atom is -0.384 e. The largest absolute Gasteiger partial charge is 0.384 e. The molecule has 0 spiro atoms. The summed E-state index contributed by atoms with van der Waals surface area (Å²) in [6.07, 6.45) is 8.18. The lowest BCUT2D eigenvalue weighted by atomic mass is 10.2. The summed E-state index contributed by atoms with van der Waals surface area (Å²) in [5, 5.41) is 3.19. The molecule has 0 bridgehead atoms. The lowest BCUT2D eigenvalue weighted by Crippen LogP contribution is -2.14. The Bertz CT molecular complexity index is 122. The molecular weight excluding hydrogens is 98.1 g/mol. The first kappa shape index (κ1) is 5.42. The Hall–Kier alpha value is -0.720. The van der Waals surface area contributed by atoms with Crippen LogP contribution in [0.4, 0.5) is 0 Å². The summed E-state index contributed by atoms with van der Waals surface area (Å²) in [7, 11) is 0. The first-order valence-electron chi connectivity index (χ1n) is 2.94. The lowest BCUT2D eigenvalue weighted by Gasteiger charge is -2.07. The van der Waals surface area contributed by atoms with Crippen molar-refractivity contribution in [3.63, 3.8) is 0 Å². The van der Waals surface area contributed by atoms with Crippen molar-refractivity contribution in [2.45, 2.75) is 13.3 Å². The topological polar surface area (TPSA) is 12.0 Å². The molecule has 0 atom stereocenters. The van der Waals surface area contributed by atoms with Gasteiger partial charge in [0.05, 0.1) is 0 Å². The molecule has 1 aliphatic heterocycles. The van der Waals surface area contributed by atoms with Gasteiger partial charge in [0.1, 0.15) is 0 Å². The van der Waals surface area contributed by atoms with E-state index in [9.17, 15) is 0 Å². The molecule has 1 nitrogen and oxygen atoms in total. The molecule has 0 aromatic rings. The minimum absolute atomic E-state index is 0.968. The summed E-state index contributed by atoms with van der Waals surface area (Å²) in [5.41, 5.74) is 1.22. The molecule has 0 fully saturated rings. The van der Waals surface area contributed by atoms with E-state index in [0.717, 1.165) is 13.0 Å². The highest BCUT2D eigenvalue weighted by atomic mass is 14.9. The number of hydrogen-bond acceptors (Lipinski definition) is 1. The Labute approximate surface area is 50.1 Å². The van der Waals surface area contributed by atoms with Crippen LogP contribution < -0.4 is 5.32 Å². The molecule has 43 valence electrons. The fraction of sp³-hybridized carbons (Fsp3) is 0.429. The predicted molar refractivity (Wildman–Crippen MR) is 34.2 cm³/mol. The van der Waals surface area contributed by atoms with Crippen molar-refractivity contribution in [3.05, 3.63) is 23.9 Å². The van der Waals surface area contributed by atoms with Crippen molar-refractivity contribution in [2.24, 2.45) is 0 Å². The molecule has 1 radical (unpaired) electrons. The Morgan fingerprint density at radius 3 is 3.12 bits per heavy atom. The average Bonchev–Trinajstić information content (AvgIpc) is 1.90. The third kappa shape index (κ3) is 1.12. The molecule has 1 heteroatoms. The van der Waals surface area contributed by atoms with Crippen LogP contribution in [0.2, 0.25) is 0 Å². The number of allylic oxidation sites excluding steroid dienone is 3. The molecule has 0 aliphatic carbocycles. The first-order chi connectivity index (χ1) is 3.93. The number of dihydropyridines is 1. The van der Waals surface area contributed by atoms with E-state index < -0.39 is 0 Å². The van der Waals surface area contributed by atoms with Gasteiger partial charge in [-0.1, -0.05) is 19.1 Å². The van der Waals surface area contributed by atoms with Crippen LogP contribution in [0.1, 0.15) is 13.3 Å². The second-order valence-corrected chi connectivity index (χ2v) is 1.76. The van der Waals surface area contributed by atoms with Crippen molar-refractivity contribution < 1.29 is 0 Å². The van der Waals surface area contributed by atoms with Gasteiger partial charge in [-0.05, 0) is 6.42 Å². The van der Waals surface area contributed by atoms with Crippen molar-refractivity contribution in [3.8, 4) is 0 Å². The van der Waals surface area contributed by atoms with Gasteiger partial charge >= 0.3 is 0 Å². The molecule has 1 N–H and O–H groups in total. The summed E-state index contributed by atoms with van der Waals surface area (Å²) >= 11 is 0. The zero-order valence-corrected chi connectivity index (χ0v) is 5.07. The molecule has 0 aromatic carbocycles. The van der Waals surface area contributed by atoms with Crippen LogP contribution in [-0.4, -0.2) is 6.54 Å². The van der Waals surface area contributed by atoms with Gasteiger partial charge in [-0.15, -0.1) is 0 Å². The average molecular weight is 108 g/mol. The van der Waals surface area contributed by atoms with E-state index in [2.05, 4.69) is 24.4 Å². The lowest BCUT2D eigenvalue weighted by molar-refractivity contribution is 0.826. The Morgan fingerprint density at radius 1 is 1.88 bits per heavy atom. The highest BCUT2D eigenvalue weighted by Crippen LogP contribution is 1.97. The SMILES string of the molecule is CCC1=[C]C=CCN1. The van der Waals surface area contributed by atoms with E-state index in [1.165, 1.54) is 5.70 Å². The number of rotatable bonds is 1. The molecule has 1 aliphatic rings. The third-order valence-corrected chi connectivity index (χ3v) is 1.16. The van der Waals surface area contributed by atoms with Crippen LogP contribution in [-0.2, 0) is 0 Å². The highest BCUT2D eigenvalue weighted by Gasteiger charge is 1.91. The summed E-state index contributed by atoms with van der Waals surface area (Å²) in [6, 6.07) is 0. The van der Waals surface area contributed by atoms with Crippen LogP contribution in [0.25, 0.3) is 0 Å². The van der Waals surface area contributed by atoms with Gasteiger partial charge in [-0.3, -0.25) is 0 Å². The van der Waals surface area contributed by atoms with E-state index in [1.807, 2.05) is 6.08 Å². The third-order valence-electron chi connectivity index (χ3n) is 1.16. The molecule has 0 amide bonds. The van der Waals surface area contributed by atoms with Crippen molar-refractivity contribution in [1.29, 1.82) is 0 Å². The summed E-state index contributed by atoms with van der Waals surface area (Å²) in [4.78, 5) is 0. The second kappa shape index (κ2) is 2.55. The Kier molecular flexibility index (Phi) is 1.73. The van der Waals surface area contributed by atoms with Crippen molar-refractivity contribution >= 4 is 0 Å². The van der Waals surface area contributed by atoms with Crippen LogP contribution in [0.15, 0.2) is 17.8 Å². The van der Waals surface area contributed by atoms with Gasteiger partial charge in [0.2, 0.25) is 0 Å². The van der Waals surface area contributed by atoms with Gasteiger partial charge in [0, 0.05) is 18.3 Å². The summed E-state index contributed by atoms with van der Waals surface area (Å²) in [5.74, 6) is 0. The van der Waals surface area contributed by atoms with Gasteiger partial charge in [0.15, 0.2) is 0 Å². The molecule has 0 saturated carbocycles. The fourth-order valence-electron chi connectivity index (χ4n) is 0.679. The Morgan fingerprint density at radius 2 is 2.75 bits per heavy atom. The fourth-order valence-corrected chi connectivity index (χ4v) is 0.679. The monoisotopic (exact) mass is 108 g/mol. The van der Waals surface area contributed by atoms with Gasteiger partial charge in [-0.25, -0.2) is 0 Å². The highest BCUT2D eigenvalue weighted by molar-refractivity contribution is 5.10. The van der Waals surface area contributed by atoms with E-state index >= 15 is 0 Å². The van der Waals surface area contributed by atoms with Gasteiger partial charge in [0.25, 0.3) is 0 Å². The van der Waals surface area contributed by atoms with Crippen LogP contribution in [0.5, 0.6) is 0 Å².